The van der Waals surface area contributed by atoms with Crippen LogP contribution in [-0.2, 0) is 6.42 Å². The Kier molecular flexibility index (Phi) is 5.43. The van der Waals surface area contributed by atoms with Crippen LogP contribution in [0.2, 0.25) is 0 Å². The van der Waals surface area contributed by atoms with Gasteiger partial charge in [-0.1, -0.05) is 36.4 Å². The highest BCUT2D eigenvalue weighted by molar-refractivity contribution is 7.99. The first-order chi connectivity index (χ1) is 9.99. The van der Waals surface area contributed by atoms with Crippen LogP contribution in [0.3, 0.4) is 0 Å². The van der Waals surface area contributed by atoms with Crippen molar-refractivity contribution in [3.63, 3.8) is 0 Å². The zero-order valence-corrected chi connectivity index (χ0v) is 13.6. The molecule has 0 saturated carbocycles. The summed E-state index contributed by atoms with van der Waals surface area (Å²) in [6.45, 7) is 6.25. The van der Waals surface area contributed by atoms with Crippen LogP contribution >= 0.6 is 11.8 Å². The average Bonchev–Trinajstić information content (AvgIpc) is 2.44. The average molecular weight is 303 g/mol. The van der Waals surface area contributed by atoms with E-state index >= 15 is 0 Å². The molecule has 0 bridgehead atoms. The van der Waals surface area contributed by atoms with Crippen molar-refractivity contribution < 1.29 is 4.39 Å². The maximum Gasteiger partial charge on any atom is 0.123 e. The number of hydrogen-bond acceptors (Lipinski definition) is 2. The number of nitrogens with two attached hydrogens (primary N) is 1. The molecular formula is C18H22FNS. The minimum Gasteiger partial charge on any atom is -0.327 e. The smallest absolute Gasteiger partial charge is 0.123 e. The molecule has 1 unspecified atom stereocenters. The van der Waals surface area contributed by atoms with E-state index in [2.05, 4.69) is 39.0 Å². The van der Waals surface area contributed by atoms with Crippen molar-refractivity contribution in [2.24, 2.45) is 5.73 Å². The van der Waals surface area contributed by atoms with Crippen LogP contribution in [0.5, 0.6) is 0 Å². The van der Waals surface area contributed by atoms with Gasteiger partial charge in [0.25, 0.3) is 0 Å². The molecule has 2 N–H and O–H groups in total. The fraction of sp³-hybridized carbons (Fsp3) is 0.333. The molecular weight excluding hydrogens is 281 g/mol. The Bertz CT molecular complexity index is 625. The Morgan fingerprint density at radius 2 is 1.81 bits per heavy atom. The monoisotopic (exact) mass is 303 g/mol. The Morgan fingerprint density at radius 3 is 2.48 bits per heavy atom. The molecule has 0 amide bonds. The largest absolute Gasteiger partial charge is 0.327 e. The predicted octanol–water partition coefficient (Wildman–Crippen LogP) is 4.87. The first-order valence-corrected chi connectivity index (χ1v) is 8.10. The number of benzene rings is 2. The number of rotatable bonds is 5. The van der Waals surface area contributed by atoms with E-state index in [0.717, 1.165) is 16.9 Å². The lowest BCUT2D eigenvalue weighted by Crippen LogP contribution is -2.21. The SMILES string of the molecule is CCC(N)Cc1cc(F)ccc1Sc1ccc(C)cc1C. The van der Waals surface area contributed by atoms with E-state index < -0.39 is 0 Å². The third-order valence-electron chi connectivity index (χ3n) is 3.58. The van der Waals surface area contributed by atoms with Gasteiger partial charge in [-0.25, -0.2) is 4.39 Å². The summed E-state index contributed by atoms with van der Waals surface area (Å²) in [5.74, 6) is -0.196. The van der Waals surface area contributed by atoms with Crippen molar-refractivity contribution in [1.29, 1.82) is 0 Å². The van der Waals surface area contributed by atoms with Gasteiger partial charge in [-0.15, -0.1) is 0 Å². The van der Waals surface area contributed by atoms with Crippen LogP contribution in [-0.4, -0.2) is 6.04 Å². The molecule has 0 heterocycles. The topological polar surface area (TPSA) is 26.0 Å². The van der Waals surface area contributed by atoms with Crippen molar-refractivity contribution in [3.8, 4) is 0 Å². The summed E-state index contributed by atoms with van der Waals surface area (Å²) in [4.78, 5) is 2.30. The first kappa shape index (κ1) is 16.1. The van der Waals surface area contributed by atoms with Gasteiger partial charge in [0.15, 0.2) is 0 Å². The number of aryl methyl sites for hydroxylation is 2. The lowest BCUT2D eigenvalue weighted by atomic mass is 10.0. The first-order valence-electron chi connectivity index (χ1n) is 7.28. The molecule has 21 heavy (non-hydrogen) atoms. The molecule has 2 aromatic rings. The lowest BCUT2D eigenvalue weighted by Gasteiger charge is -2.14. The van der Waals surface area contributed by atoms with Gasteiger partial charge in [-0.2, -0.15) is 0 Å². The summed E-state index contributed by atoms with van der Waals surface area (Å²) in [5.41, 5.74) is 9.53. The molecule has 0 radical (unpaired) electrons. The maximum absolute atomic E-state index is 13.5. The van der Waals surface area contributed by atoms with Crippen molar-refractivity contribution in [2.75, 3.05) is 0 Å². The fourth-order valence-electron chi connectivity index (χ4n) is 2.27. The standard InChI is InChI=1S/C18H22FNS/c1-4-16(20)11-14-10-15(19)6-8-18(14)21-17-7-5-12(2)9-13(17)3/h5-10,16H,4,11,20H2,1-3H3. The fourth-order valence-corrected chi connectivity index (χ4v) is 3.27. The van der Waals surface area contributed by atoms with Gasteiger partial charge in [0.1, 0.15) is 5.82 Å². The van der Waals surface area contributed by atoms with E-state index in [-0.39, 0.29) is 11.9 Å². The van der Waals surface area contributed by atoms with Gasteiger partial charge >= 0.3 is 0 Å². The Hall–Kier alpha value is -1.32. The molecule has 3 heteroatoms. The molecule has 0 fully saturated rings. The maximum atomic E-state index is 13.5. The van der Waals surface area contributed by atoms with Crippen molar-refractivity contribution in [3.05, 3.63) is 58.9 Å². The second-order valence-electron chi connectivity index (χ2n) is 5.50. The summed E-state index contributed by atoms with van der Waals surface area (Å²) in [7, 11) is 0. The van der Waals surface area contributed by atoms with Crippen LogP contribution in [0.1, 0.15) is 30.0 Å². The summed E-state index contributed by atoms with van der Waals surface area (Å²) in [6.07, 6.45) is 1.60. The molecule has 0 aliphatic rings. The van der Waals surface area contributed by atoms with Gasteiger partial charge in [0, 0.05) is 15.8 Å². The lowest BCUT2D eigenvalue weighted by molar-refractivity contribution is 0.610. The highest BCUT2D eigenvalue weighted by Crippen LogP contribution is 2.34. The second kappa shape index (κ2) is 7.10. The quantitative estimate of drug-likeness (QED) is 0.852. The van der Waals surface area contributed by atoms with Gasteiger partial charge < -0.3 is 5.73 Å². The number of halogens is 1. The summed E-state index contributed by atoms with van der Waals surface area (Å²) >= 11 is 1.69. The van der Waals surface area contributed by atoms with E-state index in [9.17, 15) is 4.39 Å². The van der Waals surface area contributed by atoms with E-state index in [1.807, 2.05) is 6.07 Å². The van der Waals surface area contributed by atoms with Crippen LogP contribution < -0.4 is 5.73 Å². The van der Waals surface area contributed by atoms with Crippen LogP contribution in [0.15, 0.2) is 46.2 Å². The van der Waals surface area contributed by atoms with Gasteiger partial charge in [0.2, 0.25) is 0 Å². The summed E-state index contributed by atoms with van der Waals surface area (Å²) < 4.78 is 13.5. The highest BCUT2D eigenvalue weighted by Gasteiger charge is 2.11. The molecule has 2 rings (SSSR count). The third kappa shape index (κ3) is 4.32. The molecule has 112 valence electrons. The zero-order chi connectivity index (χ0) is 15.4. The number of hydrogen-bond donors (Lipinski definition) is 1. The van der Waals surface area contributed by atoms with E-state index in [1.165, 1.54) is 22.1 Å². The van der Waals surface area contributed by atoms with Gasteiger partial charge in [-0.3, -0.25) is 0 Å². The Balaban J connectivity index is 2.30. The molecule has 1 atom stereocenters. The predicted molar refractivity (Wildman–Crippen MR) is 88.4 cm³/mol. The van der Waals surface area contributed by atoms with Crippen molar-refractivity contribution in [1.82, 2.24) is 0 Å². The molecule has 1 nitrogen and oxygen atoms in total. The van der Waals surface area contributed by atoms with E-state index in [0.29, 0.717) is 6.42 Å². The normalized spacial score (nSPS) is 12.4. The minimum absolute atomic E-state index is 0.0743. The highest BCUT2D eigenvalue weighted by atomic mass is 32.2. The second-order valence-corrected chi connectivity index (χ2v) is 6.58. The van der Waals surface area contributed by atoms with Gasteiger partial charge in [-0.05, 0) is 62.1 Å². The summed E-state index contributed by atoms with van der Waals surface area (Å²) in [6, 6.07) is 11.5. The summed E-state index contributed by atoms with van der Waals surface area (Å²) in [5, 5.41) is 0. The molecule has 0 aliphatic carbocycles. The molecule has 0 aliphatic heterocycles. The van der Waals surface area contributed by atoms with Crippen LogP contribution in [0, 0.1) is 19.7 Å². The molecule has 2 aromatic carbocycles. The van der Waals surface area contributed by atoms with Crippen molar-refractivity contribution >= 4 is 11.8 Å². The van der Waals surface area contributed by atoms with Crippen molar-refractivity contribution in [2.45, 2.75) is 49.4 Å². The molecule has 0 saturated heterocycles. The Morgan fingerprint density at radius 1 is 1.10 bits per heavy atom. The zero-order valence-electron chi connectivity index (χ0n) is 12.8. The molecule has 0 aromatic heterocycles. The minimum atomic E-state index is -0.196. The van der Waals surface area contributed by atoms with E-state index in [4.69, 9.17) is 5.73 Å². The van der Waals surface area contributed by atoms with Crippen LogP contribution in [0.4, 0.5) is 4.39 Å². The molecule has 0 spiro atoms. The van der Waals surface area contributed by atoms with E-state index in [1.54, 1.807) is 17.8 Å². The van der Waals surface area contributed by atoms with Crippen LogP contribution in [0.25, 0.3) is 0 Å². The van der Waals surface area contributed by atoms with Gasteiger partial charge in [0.05, 0.1) is 0 Å². The Labute approximate surface area is 130 Å². The third-order valence-corrected chi connectivity index (χ3v) is 4.88.